The molecule has 0 atom stereocenters. The molecular formula is C21H9F11N2O6. The van der Waals surface area contributed by atoms with Crippen molar-refractivity contribution < 1.29 is 76.9 Å². The summed E-state index contributed by atoms with van der Waals surface area (Å²) in [4.78, 5) is 49.2. The summed E-state index contributed by atoms with van der Waals surface area (Å²) in [7, 11) is 0.732. The number of hydrogen-bond donors (Lipinski definition) is 0. The molecular weight excluding hydrogens is 585 g/mol. The summed E-state index contributed by atoms with van der Waals surface area (Å²) in [5.41, 5.74) is -1.52. The van der Waals surface area contributed by atoms with E-state index < -0.39 is 82.3 Å². The lowest BCUT2D eigenvalue weighted by Crippen LogP contribution is -2.61. The highest BCUT2D eigenvalue weighted by molar-refractivity contribution is 6.33. The third-order valence-electron chi connectivity index (χ3n) is 5.15. The molecule has 0 saturated carbocycles. The van der Waals surface area contributed by atoms with E-state index in [4.69, 9.17) is 4.74 Å². The van der Waals surface area contributed by atoms with Crippen molar-refractivity contribution in [3.63, 3.8) is 0 Å². The van der Waals surface area contributed by atoms with Crippen LogP contribution in [0.15, 0.2) is 48.3 Å². The largest absolute Gasteiger partial charge is 0.493 e. The maximum atomic E-state index is 14.3. The van der Waals surface area contributed by atoms with Gasteiger partial charge in [-0.3, -0.25) is 19.2 Å². The number of anilines is 2. The maximum Gasteiger partial charge on any atom is 0.460 e. The normalized spacial score (nSPS) is 17.3. The summed E-state index contributed by atoms with van der Waals surface area (Å²) in [6.07, 6.45) is -4.55. The summed E-state index contributed by atoms with van der Waals surface area (Å²) >= 11 is 0. The molecule has 4 amide bonds. The molecule has 2 heterocycles. The molecule has 1 aromatic carbocycles. The lowest BCUT2D eigenvalue weighted by molar-refractivity contribution is -0.392. The van der Waals surface area contributed by atoms with Crippen molar-refractivity contribution >= 4 is 35.0 Å². The zero-order valence-corrected chi connectivity index (χ0v) is 19.0. The van der Waals surface area contributed by atoms with Gasteiger partial charge in [0.1, 0.15) is 0 Å². The second-order valence-electron chi connectivity index (χ2n) is 7.59. The molecule has 0 radical (unpaired) electrons. The van der Waals surface area contributed by atoms with Crippen molar-refractivity contribution in [2.45, 2.75) is 23.9 Å². The molecule has 0 spiro atoms. The number of hydrogen-bond acceptors (Lipinski definition) is 6. The van der Waals surface area contributed by atoms with Crippen LogP contribution in [0.2, 0.25) is 0 Å². The zero-order chi connectivity index (χ0) is 30.6. The van der Waals surface area contributed by atoms with Gasteiger partial charge in [0.2, 0.25) is 5.83 Å². The van der Waals surface area contributed by atoms with E-state index in [1.54, 1.807) is 0 Å². The molecule has 0 aliphatic carbocycles. The summed E-state index contributed by atoms with van der Waals surface area (Å²) in [6.45, 7) is 0. The number of nitrogens with zero attached hydrogens (tertiary/aromatic N) is 2. The molecule has 0 fully saturated rings. The van der Waals surface area contributed by atoms with Crippen LogP contribution in [0.3, 0.4) is 0 Å². The number of rotatable bonds is 8. The van der Waals surface area contributed by atoms with Crippen LogP contribution in [0.1, 0.15) is 0 Å². The van der Waals surface area contributed by atoms with Crippen molar-refractivity contribution in [2.75, 3.05) is 16.9 Å². The highest BCUT2D eigenvalue weighted by Gasteiger charge is 2.83. The van der Waals surface area contributed by atoms with Crippen LogP contribution in [0.4, 0.5) is 59.7 Å². The van der Waals surface area contributed by atoms with Crippen molar-refractivity contribution in [3.05, 3.63) is 48.3 Å². The Bertz CT molecular complexity index is 1360. The second-order valence-corrected chi connectivity index (χ2v) is 7.59. The van der Waals surface area contributed by atoms with Gasteiger partial charge in [-0.15, -0.1) is 0 Å². The molecule has 1 aromatic rings. The SMILES string of the molecule is COc1cc(N2C(=O)C=CC2=O)c(N2C(=O)C=CC2=O)cc1OC(F)=C(F)C(F)(F)C(F)(F)C(F)(F)C(F)(F)F. The fraction of sp³-hybridized carbons (Fsp3) is 0.238. The molecule has 3 rings (SSSR count). The molecule has 0 aromatic heterocycles. The predicted molar refractivity (Wildman–Crippen MR) is 107 cm³/mol. The van der Waals surface area contributed by atoms with Crippen LogP contribution in [0.25, 0.3) is 0 Å². The van der Waals surface area contributed by atoms with Gasteiger partial charge in [0.05, 0.1) is 18.5 Å². The first-order valence-corrected chi connectivity index (χ1v) is 9.98. The molecule has 19 heteroatoms. The highest BCUT2D eigenvalue weighted by atomic mass is 19.4. The van der Waals surface area contributed by atoms with Crippen LogP contribution in [0.5, 0.6) is 11.5 Å². The zero-order valence-electron chi connectivity index (χ0n) is 19.0. The number of ether oxygens (including phenoxy) is 2. The summed E-state index contributed by atoms with van der Waals surface area (Å²) in [5.74, 6) is -33.3. The number of methoxy groups -OCH3 is 1. The number of benzene rings is 1. The van der Waals surface area contributed by atoms with E-state index in [0.717, 1.165) is 19.3 Å². The van der Waals surface area contributed by atoms with Crippen LogP contribution >= 0.6 is 0 Å². The Morgan fingerprint density at radius 1 is 0.650 bits per heavy atom. The van der Waals surface area contributed by atoms with E-state index >= 15 is 0 Å². The Labute approximate surface area is 213 Å². The molecule has 2 aliphatic heterocycles. The summed E-state index contributed by atoms with van der Waals surface area (Å²) in [5, 5.41) is 0. The van der Waals surface area contributed by atoms with Crippen LogP contribution in [-0.2, 0) is 19.2 Å². The number of alkyl halides is 9. The first-order valence-electron chi connectivity index (χ1n) is 9.98. The lowest BCUT2D eigenvalue weighted by Gasteiger charge is -2.32. The Kier molecular flexibility index (Phi) is 7.25. The topological polar surface area (TPSA) is 93.2 Å². The minimum Gasteiger partial charge on any atom is -0.493 e. The maximum absolute atomic E-state index is 14.3. The van der Waals surface area contributed by atoms with Gasteiger partial charge in [-0.1, -0.05) is 0 Å². The standard InChI is InChI=1S/C21H9F11N2O6/c1-39-10-6-8(33-12(35)2-3-13(33)36)9(34-14(37)4-5-15(34)38)7-11(10)40-17(23)16(22)18(24,25)19(26,27)20(28,29)21(30,31)32/h2-7H,1H3. The molecule has 0 bridgehead atoms. The van der Waals surface area contributed by atoms with E-state index in [2.05, 4.69) is 4.74 Å². The Balaban J connectivity index is 2.17. The molecule has 0 unspecified atom stereocenters. The van der Waals surface area contributed by atoms with Crippen LogP contribution < -0.4 is 19.3 Å². The van der Waals surface area contributed by atoms with Gasteiger partial charge >= 0.3 is 30.0 Å². The van der Waals surface area contributed by atoms with Gasteiger partial charge < -0.3 is 9.47 Å². The Hall–Kier alpha value is -4.45. The van der Waals surface area contributed by atoms with Gasteiger partial charge in [-0.05, 0) is 0 Å². The minimum absolute atomic E-state index is 0.200. The number of carbonyl (C=O) groups excluding carboxylic acids is 4. The minimum atomic E-state index is -7.58. The molecule has 0 N–H and O–H groups in total. The average Bonchev–Trinajstić information content (AvgIpc) is 3.36. The number of imide groups is 2. The fourth-order valence-corrected chi connectivity index (χ4v) is 3.19. The van der Waals surface area contributed by atoms with E-state index in [9.17, 15) is 67.5 Å². The summed E-state index contributed by atoms with van der Waals surface area (Å²) < 4.78 is 155. The summed E-state index contributed by atoms with van der Waals surface area (Å²) in [6, 6.07) is -2.63. The van der Waals surface area contributed by atoms with Gasteiger partial charge in [0.25, 0.3) is 23.6 Å². The first kappa shape index (κ1) is 30.1. The highest BCUT2D eigenvalue weighted by Crippen LogP contribution is 2.56. The smallest absolute Gasteiger partial charge is 0.460 e. The Morgan fingerprint density at radius 2 is 1.02 bits per heavy atom. The van der Waals surface area contributed by atoms with Crippen molar-refractivity contribution in [1.82, 2.24) is 0 Å². The molecule has 0 saturated heterocycles. The number of carbonyl (C=O) groups is 4. The van der Waals surface area contributed by atoms with Crippen LogP contribution in [0, 0.1) is 0 Å². The first-order chi connectivity index (χ1) is 18.2. The number of allylic oxidation sites excluding steroid dienone is 1. The monoisotopic (exact) mass is 594 g/mol. The van der Waals surface area contributed by atoms with Crippen molar-refractivity contribution in [2.24, 2.45) is 0 Å². The second kappa shape index (κ2) is 9.63. The van der Waals surface area contributed by atoms with Gasteiger partial charge in [0, 0.05) is 36.4 Å². The van der Waals surface area contributed by atoms with E-state index in [0.29, 0.717) is 29.2 Å². The number of amides is 4. The van der Waals surface area contributed by atoms with Gasteiger partial charge in [-0.25, -0.2) is 9.80 Å². The average molecular weight is 594 g/mol. The van der Waals surface area contributed by atoms with E-state index in [-0.39, 0.29) is 4.90 Å². The van der Waals surface area contributed by atoms with Crippen molar-refractivity contribution in [1.29, 1.82) is 0 Å². The predicted octanol–water partition coefficient (Wildman–Crippen LogP) is 4.51. The van der Waals surface area contributed by atoms with Gasteiger partial charge in [-0.2, -0.15) is 48.3 Å². The van der Waals surface area contributed by atoms with Gasteiger partial charge in [0.15, 0.2) is 11.5 Å². The molecule has 216 valence electrons. The molecule has 40 heavy (non-hydrogen) atoms. The quantitative estimate of drug-likeness (QED) is 0.250. The fourth-order valence-electron chi connectivity index (χ4n) is 3.19. The molecule has 2 aliphatic rings. The number of halogens is 11. The van der Waals surface area contributed by atoms with E-state index in [1.165, 1.54) is 0 Å². The van der Waals surface area contributed by atoms with Crippen LogP contribution in [-0.4, -0.2) is 54.7 Å². The molecule has 8 nitrogen and oxygen atoms in total. The van der Waals surface area contributed by atoms with E-state index in [1.807, 2.05) is 0 Å². The third-order valence-corrected chi connectivity index (χ3v) is 5.15. The third kappa shape index (κ3) is 4.53. The van der Waals surface area contributed by atoms with Crippen molar-refractivity contribution in [3.8, 4) is 11.5 Å². The Morgan fingerprint density at radius 3 is 1.38 bits per heavy atom. The lowest BCUT2D eigenvalue weighted by atomic mass is 10.0.